The number of anilines is 1. The van der Waals surface area contributed by atoms with Crippen LogP contribution in [-0.4, -0.2) is 15.2 Å². The van der Waals surface area contributed by atoms with Crippen molar-refractivity contribution in [1.29, 1.82) is 0 Å². The topological polar surface area (TPSA) is 76.7 Å². The first-order valence-corrected chi connectivity index (χ1v) is 4.90. The third kappa shape index (κ3) is 1.70. The van der Waals surface area contributed by atoms with Gasteiger partial charge in [-0.1, -0.05) is 0 Å². The number of nitrogen functional groups attached to an aromatic ring is 1. The molecule has 0 radical (unpaired) electrons. The highest BCUT2D eigenvalue weighted by atomic mass is 32.1. The Labute approximate surface area is 85.0 Å². The summed E-state index contributed by atoms with van der Waals surface area (Å²) in [6, 6.07) is 3.59. The quantitative estimate of drug-likeness (QED) is 0.571. The number of nitrogens with two attached hydrogens (primary N) is 1. The molecule has 0 amide bonds. The highest BCUT2D eigenvalue weighted by Crippen LogP contribution is 2.19. The van der Waals surface area contributed by atoms with E-state index in [1.54, 1.807) is 17.4 Å². The maximum absolute atomic E-state index is 5.18. The van der Waals surface area contributed by atoms with Crippen LogP contribution in [0.5, 0.6) is 0 Å². The van der Waals surface area contributed by atoms with Crippen molar-refractivity contribution in [1.82, 2.24) is 15.2 Å². The van der Waals surface area contributed by atoms with Crippen LogP contribution in [0.15, 0.2) is 17.5 Å². The van der Waals surface area contributed by atoms with Crippen molar-refractivity contribution in [3.63, 3.8) is 0 Å². The Balaban J connectivity index is 2.33. The van der Waals surface area contributed by atoms with Crippen molar-refractivity contribution < 1.29 is 0 Å². The van der Waals surface area contributed by atoms with E-state index in [4.69, 9.17) is 5.84 Å². The number of hydrazine groups is 1. The lowest BCUT2D eigenvalue weighted by molar-refractivity contribution is 1.02. The minimum absolute atomic E-state index is 0.542. The van der Waals surface area contributed by atoms with Crippen LogP contribution in [0.25, 0.3) is 11.4 Å². The third-order valence-electron chi connectivity index (χ3n) is 1.69. The van der Waals surface area contributed by atoms with Crippen LogP contribution in [0.2, 0.25) is 0 Å². The summed E-state index contributed by atoms with van der Waals surface area (Å²) in [4.78, 5) is 4.30. The Hall–Kier alpha value is -1.53. The van der Waals surface area contributed by atoms with Crippen molar-refractivity contribution in [2.45, 2.75) is 6.92 Å². The summed E-state index contributed by atoms with van der Waals surface area (Å²) in [5.74, 6) is 5.72. The molecule has 2 aromatic rings. The van der Waals surface area contributed by atoms with E-state index in [0.29, 0.717) is 5.82 Å². The molecule has 14 heavy (non-hydrogen) atoms. The number of thiazole rings is 1. The highest BCUT2D eigenvalue weighted by molar-refractivity contribution is 7.09. The van der Waals surface area contributed by atoms with Gasteiger partial charge in [-0.05, 0) is 19.1 Å². The number of nitrogens with zero attached hydrogens (tertiary/aromatic N) is 3. The zero-order chi connectivity index (χ0) is 9.97. The first-order valence-electron chi connectivity index (χ1n) is 4.02. The summed E-state index contributed by atoms with van der Waals surface area (Å²) in [6.07, 6.45) is 0. The molecule has 2 rings (SSSR count). The van der Waals surface area contributed by atoms with Gasteiger partial charge in [0.25, 0.3) is 0 Å². The number of rotatable bonds is 2. The second kappa shape index (κ2) is 3.69. The van der Waals surface area contributed by atoms with Gasteiger partial charge in [0.1, 0.15) is 11.4 Å². The Bertz CT molecular complexity index is 422. The predicted octanol–water partition coefficient (Wildman–Crippen LogP) is 1.19. The van der Waals surface area contributed by atoms with Crippen LogP contribution < -0.4 is 11.3 Å². The second-order valence-electron chi connectivity index (χ2n) is 2.70. The van der Waals surface area contributed by atoms with Crippen LogP contribution in [0, 0.1) is 6.92 Å². The van der Waals surface area contributed by atoms with Gasteiger partial charge in [0.15, 0.2) is 5.82 Å². The highest BCUT2D eigenvalue weighted by Gasteiger charge is 2.03. The molecule has 0 fully saturated rings. The molecule has 3 N–H and O–H groups in total. The lowest BCUT2D eigenvalue weighted by Crippen LogP contribution is -2.09. The maximum atomic E-state index is 5.18. The van der Waals surface area contributed by atoms with Crippen LogP contribution >= 0.6 is 11.3 Å². The number of hydrogen-bond acceptors (Lipinski definition) is 6. The zero-order valence-corrected chi connectivity index (χ0v) is 8.38. The molecule has 2 aromatic heterocycles. The lowest BCUT2D eigenvalue weighted by atomic mass is 10.3. The minimum Gasteiger partial charge on any atom is -0.307 e. The Morgan fingerprint density at radius 2 is 2.14 bits per heavy atom. The van der Waals surface area contributed by atoms with Crippen LogP contribution in [0.4, 0.5) is 5.82 Å². The monoisotopic (exact) mass is 207 g/mol. The first kappa shape index (κ1) is 9.04. The molecular formula is C8H9N5S. The molecule has 5 nitrogen and oxygen atoms in total. The largest absolute Gasteiger partial charge is 0.307 e. The summed E-state index contributed by atoms with van der Waals surface area (Å²) < 4.78 is 0. The predicted molar refractivity (Wildman–Crippen MR) is 55.7 cm³/mol. The molecule has 0 aromatic carbocycles. The van der Waals surface area contributed by atoms with E-state index in [-0.39, 0.29) is 0 Å². The van der Waals surface area contributed by atoms with Crippen molar-refractivity contribution in [3.05, 3.63) is 22.5 Å². The Morgan fingerprint density at radius 3 is 2.64 bits per heavy atom. The molecule has 0 aliphatic rings. The normalized spacial score (nSPS) is 10.1. The van der Waals surface area contributed by atoms with Gasteiger partial charge in [-0.2, -0.15) is 0 Å². The van der Waals surface area contributed by atoms with Gasteiger partial charge in [-0.25, -0.2) is 10.8 Å². The van der Waals surface area contributed by atoms with Gasteiger partial charge in [0.05, 0.1) is 5.01 Å². The molecule has 0 aliphatic carbocycles. The molecule has 0 atom stereocenters. The molecule has 0 aliphatic heterocycles. The molecular weight excluding hydrogens is 198 g/mol. The molecule has 0 saturated heterocycles. The standard InChI is InChI=1S/C8H9N5S/c1-5-10-7(4-14-5)6-2-3-8(11-9)13-12-6/h2-4H,9H2,1H3,(H,11,13). The average molecular weight is 207 g/mol. The SMILES string of the molecule is Cc1nc(-c2ccc(NN)nn2)cs1. The summed E-state index contributed by atoms with van der Waals surface area (Å²) in [5, 5.41) is 10.8. The van der Waals surface area contributed by atoms with E-state index in [2.05, 4.69) is 20.6 Å². The summed E-state index contributed by atoms with van der Waals surface area (Å²) >= 11 is 1.59. The fourth-order valence-electron chi connectivity index (χ4n) is 1.03. The van der Waals surface area contributed by atoms with Crippen molar-refractivity contribution in [2.75, 3.05) is 5.43 Å². The number of nitrogens with one attached hydrogen (secondary N) is 1. The minimum atomic E-state index is 0.542. The van der Waals surface area contributed by atoms with Gasteiger partial charge in [0, 0.05) is 5.38 Å². The van der Waals surface area contributed by atoms with E-state index < -0.39 is 0 Å². The smallest absolute Gasteiger partial charge is 0.162 e. The van der Waals surface area contributed by atoms with E-state index in [1.807, 2.05) is 18.4 Å². The average Bonchev–Trinajstić information content (AvgIpc) is 2.65. The van der Waals surface area contributed by atoms with Crippen molar-refractivity contribution in [2.24, 2.45) is 5.84 Å². The number of hydrogen-bond donors (Lipinski definition) is 2. The second-order valence-corrected chi connectivity index (χ2v) is 3.76. The fraction of sp³-hybridized carbons (Fsp3) is 0.125. The van der Waals surface area contributed by atoms with E-state index >= 15 is 0 Å². The number of aromatic nitrogens is 3. The van der Waals surface area contributed by atoms with Crippen LogP contribution in [0.1, 0.15) is 5.01 Å². The van der Waals surface area contributed by atoms with E-state index in [1.165, 1.54) is 0 Å². The molecule has 0 bridgehead atoms. The van der Waals surface area contributed by atoms with Crippen molar-refractivity contribution >= 4 is 17.2 Å². The van der Waals surface area contributed by atoms with Gasteiger partial charge >= 0.3 is 0 Å². The fourth-order valence-corrected chi connectivity index (χ4v) is 1.63. The van der Waals surface area contributed by atoms with Crippen LogP contribution in [-0.2, 0) is 0 Å². The molecule has 0 saturated carbocycles. The molecule has 6 heteroatoms. The van der Waals surface area contributed by atoms with Gasteiger partial charge < -0.3 is 5.43 Å². The van der Waals surface area contributed by atoms with E-state index in [9.17, 15) is 0 Å². The lowest BCUT2D eigenvalue weighted by Gasteiger charge is -1.97. The van der Waals surface area contributed by atoms with Gasteiger partial charge in [0.2, 0.25) is 0 Å². The zero-order valence-electron chi connectivity index (χ0n) is 7.56. The van der Waals surface area contributed by atoms with Gasteiger partial charge in [-0.3, -0.25) is 0 Å². The summed E-state index contributed by atoms with van der Waals surface area (Å²) in [7, 11) is 0. The van der Waals surface area contributed by atoms with Crippen LogP contribution in [0.3, 0.4) is 0 Å². The third-order valence-corrected chi connectivity index (χ3v) is 2.47. The molecule has 0 spiro atoms. The Morgan fingerprint density at radius 1 is 1.29 bits per heavy atom. The summed E-state index contributed by atoms with van der Waals surface area (Å²) in [6.45, 7) is 1.96. The molecule has 0 unspecified atom stereocenters. The first-order chi connectivity index (χ1) is 6.79. The Kier molecular flexibility index (Phi) is 2.38. The van der Waals surface area contributed by atoms with Gasteiger partial charge in [-0.15, -0.1) is 21.5 Å². The summed E-state index contributed by atoms with van der Waals surface area (Å²) in [5.41, 5.74) is 4.03. The molecule has 72 valence electrons. The van der Waals surface area contributed by atoms with E-state index in [0.717, 1.165) is 16.4 Å². The molecule has 2 heterocycles. The number of aryl methyl sites for hydroxylation is 1. The van der Waals surface area contributed by atoms with Crippen molar-refractivity contribution in [3.8, 4) is 11.4 Å². The maximum Gasteiger partial charge on any atom is 0.162 e.